The van der Waals surface area contributed by atoms with Crippen LogP contribution in [0.25, 0.3) is 0 Å². The van der Waals surface area contributed by atoms with E-state index in [9.17, 15) is 4.79 Å². The van der Waals surface area contributed by atoms with Crippen molar-refractivity contribution in [1.29, 1.82) is 0 Å². The van der Waals surface area contributed by atoms with Crippen molar-refractivity contribution in [2.75, 3.05) is 0 Å². The number of carbonyl (C=O) groups is 1. The van der Waals surface area contributed by atoms with Crippen LogP contribution in [0, 0.1) is 0 Å². The second-order valence-corrected chi connectivity index (χ2v) is 5.88. The summed E-state index contributed by atoms with van der Waals surface area (Å²) in [6.07, 6.45) is 5.48. The Labute approximate surface area is 107 Å². The molecule has 0 unspecified atom stereocenters. The summed E-state index contributed by atoms with van der Waals surface area (Å²) < 4.78 is 1.10. The zero-order valence-corrected chi connectivity index (χ0v) is 10.9. The molecule has 0 spiro atoms. The Morgan fingerprint density at radius 2 is 2.19 bits per heavy atom. The predicted molar refractivity (Wildman–Crippen MR) is 69.5 cm³/mol. The Balaban J connectivity index is 2.07. The molecule has 1 nitrogen and oxygen atoms in total. The van der Waals surface area contributed by atoms with Crippen LogP contribution in [-0.4, -0.2) is 5.78 Å². The molecule has 80 valence electrons. The first-order chi connectivity index (χ1) is 7.74. The number of halogens is 1. The highest BCUT2D eigenvalue weighted by atomic mass is 79.9. The molecule has 3 rings (SSSR count). The van der Waals surface area contributed by atoms with E-state index in [2.05, 4.69) is 34.1 Å². The zero-order valence-electron chi connectivity index (χ0n) is 8.50. The second kappa shape index (κ2) is 3.90. The Morgan fingerprint density at radius 3 is 3.06 bits per heavy atom. The van der Waals surface area contributed by atoms with Gasteiger partial charge in [0.25, 0.3) is 0 Å². The van der Waals surface area contributed by atoms with Crippen molar-refractivity contribution in [3.63, 3.8) is 0 Å². The molecule has 0 atom stereocenters. The second-order valence-electron chi connectivity index (χ2n) is 3.91. The van der Waals surface area contributed by atoms with Gasteiger partial charge in [0.15, 0.2) is 5.78 Å². The molecule has 1 aliphatic heterocycles. The van der Waals surface area contributed by atoms with Gasteiger partial charge in [-0.25, -0.2) is 0 Å². The highest BCUT2D eigenvalue weighted by Crippen LogP contribution is 2.41. The average Bonchev–Trinajstić information content (AvgIpc) is 2.27. The first-order valence-electron chi connectivity index (χ1n) is 5.13. The van der Waals surface area contributed by atoms with Crippen LogP contribution in [0.15, 0.2) is 50.2 Å². The molecule has 0 amide bonds. The van der Waals surface area contributed by atoms with E-state index in [1.165, 1.54) is 16.0 Å². The fraction of sp³-hybridized carbons (Fsp3) is 0.154. The monoisotopic (exact) mass is 292 g/mol. The van der Waals surface area contributed by atoms with E-state index in [0.717, 1.165) is 15.8 Å². The SMILES string of the molecule is O=C1CC=CC2=C1Sc1ccc(Br)cc1C2. The molecule has 0 saturated carbocycles. The van der Waals surface area contributed by atoms with Gasteiger partial charge in [-0.3, -0.25) is 4.79 Å². The van der Waals surface area contributed by atoms with Crippen LogP contribution in [-0.2, 0) is 11.2 Å². The molecule has 0 bridgehead atoms. The van der Waals surface area contributed by atoms with Crippen LogP contribution in [0.1, 0.15) is 12.0 Å². The number of carbonyl (C=O) groups excluding carboxylic acids is 1. The molecule has 0 N–H and O–H groups in total. The zero-order chi connectivity index (χ0) is 11.1. The first-order valence-corrected chi connectivity index (χ1v) is 6.74. The van der Waals surface area contributed by atoms with Gasteiger partial charge < -0.3 is 0 Å². The summed E-state index contributed by atoms with van der Waals surface area (Å²) in [4.78, 5) is 13.9. The van der Waals surface area contributed by atoms with Crippen LogP contribution < -0.4 is 0 Å². The van der Waals surface area contributed by atoms with Gasteiger partial charge >= 0.3 is 0 Å². The van der Waals surface area contributed by atoms with E-state index in [1.807, 2.05) is 12.1 Å². The highest BCUT2D eigenvalue weighted by Gasteiger charge is 2.24. The summed E-state index contributed by atoms with van der Waals surface area (Å²) >= 11 is 5.10. The van der Waals surface area contributed by atoms with E-state index in [-0.39, 0.29) is 5.78 Å². The molecule has 0 saturated heterocycles. The van der Waals surface area contributed by atoms with Crippen LogP contribution in [0.4, 0.5) is 0 Å². The maximum absolute atomic E-state index is 11.8. The number of hydrogen-bond donors (Lipinski definition) is 0. The van der Waals surface area contributed by atoms with Crippen LogP contribution in [0.5, 0.6) is 0 Å². The van der Waals surface area contributed by atoms with Crippen LogP contribution in [0.3, 0.4) is 0 Å². The Bertz CT molecular complexity index is 543. The van der Waals surface area contributed by atoms with Gasteiger partial charge in [0, 0.05) is 15.8 Å². The number of benzene rings is 1. The highest BCUT2D eigenvalue weighted by molar-refractivity contribution is 9.10. The molecule has 0 fully saturated rings. The molecule has 2 aliphatic rings. The number of thioether (sulfide) groups is 1. The topological polar surface area (TPSA) is 17.1 Å². The molecule has 0 aromatic heterocycles. The normalized spacial score (nSPS) is 18.4. The van der Waals surface area contributed by atoms with Crippen LogP contribution >= 0.6 is 27.7 Å². The summed E-state index contributed by atoms with van der Waals surface area (Å²) in [7, 11) is 0. The predicted octanol–water partition coefficient (Wildman–Crippen LogP) is 3.88. The fourth-order valence-electron chi connectivity index (χ4n) is 2.02. The van der Waals surface area contributed by atoms with E-state index >= 15 is 0 Å². The number of hydrogen-bond acceptors (Lipinski definition) is 2. The minimum atomic E-state index is 0.260. The van der Waals surface area contributed by atoms with E-state index < -0.39 is 0 Å². The molecule has 1 heterocycles. The molecular formula is C13H9BrOS. The Kier molecular flexibility index (Phi) is 2.52. The van der Waals surface area contributed by atoms with Crippen LogP contribution in [0.2, 0.25) is 0 Å². The number of rotatable bonds is 0. The van der Waals surface area contributed by atoms with Crippen molar-refractivity contribution in [2.45, 2.75) is 17.7 Å². The quantitative estimate of drug-likeness (QED) is 0.722. The minimum absolute atomic E-state index is 0.260. The number of ketones is 1. The lowest BCUT2D eigenvalue weighted by molar-refractivity contribution is -0.114. The largest absolute Gasteiger partial charge is 0.293 e. The van der Waals surface area contributed by atoms with Crippen molar-refractivity contribution in [3.8, 4) is 0 Å². The van der Waals surface area contributed by atoms with E-state index in [4.69, 9.17) is 0 Å². The third kappa shape index (κ3) is 1.68. The van der Waals surface area contributed by atoms with Gasteiger partial charge in [0.1, 0.15) is 0 Å². The van der Waals surface area contributed by atoms with Gasteiger partial charge in [-0.05, 0) is 35.8 Å². The molecule has 1 aromatic rings. The minimum Gasteiger partial charge on any atom is -0.293 e. The maximum atomic E-state index is 11.8. The smallest absolute Gasteiger partial charge is 0.173 e. The lowest BCUT2D eigenvalue weighted by atomic mass is 9.98. The third-order valence-corrected chi connectivity index (χ3v) is 4.59. The van der Waals surface area contributed by atoms with Crippen molar-refractivity contribution in [1.82, 2.24) is 0 Å². The summed E-state index contributed by atoms with van der Waals surface area (Å²) in [5.74, 6) is 0.260. The van der Waals surface area contributed by atoms with Crippen molar-refractivity contribution in [3.05, 3.63) is 50.9 Å². The first kappa shape index (κ1) is 10.4. The summed E-state index contributed by atoms with van der Waals surface area (Å²) in [6.45, 7) is 0. The van der Waals surface area contributed by atoms with Gasteiger partial charge in [-0.2, -0.15) is 0 Å². The molecule has 1 aliphatic carbocycles. The molecular weight excluding hydrogens is 284 g/mol. The number of fused-ring (bicyclic) bond motifs is 1. The van der Waals surface area contributed by atoms with Crippen molar-refractivity contribution in [2.24, 2.45) is 0 Å². The van der Waals surface area contributed by atoms with Gasteiger partial charge in [0.05, 0.1) is 4.91 Å². The van der Waals surface area contributed by atoms with E-state index in [0.29, 0.717) is 6.42 Å². The van der Waals surface area contributed by atoms with Gasteiger partial charge in [-0.15, -0.1) is 0 Å². The van der Waals surface area contributed by atoms with E-state index in [1.54, 1.807) is 11.8 Å². The maximum Gasteiger partial charge on any atom is 0.173 e. The molecule has 16 heavy (non-hydrogen) atoms. The molecule has 0 radical (unpaired) electrons. The standard InChI is InChI=1S/C13H9BrOS/c14-10-4-5-12-9(7-10)6-8-2-1-3-11(15)13(8)16-12/h1-2,4-5,7H,3,6H2. The third-order valence-electron chi connectivity index (χ3n) is 2.78. The molecule has 3 heteroatoms. The summed E-state index contributed by atoms with van der Waals surface area (Å²) in [6, 6.07) is 6.25. The number of allylic oxidation sites excluding steroid dienone is 4. The van der Waals surface area contributed by atoms with Crippen molar-refractivity contribution >= 4 is 33.5 Å². The lowest BCUT2D eigenvalue weighted by Crippen LogP contribution is -2.11. The number of Topliss-reactive ketones (excluding diaryl/α,β-unsaturated/α-hetero) is 1. The average molecular weight is 293 g/mol. The fourth-order valence-corrected chi connectivity index (χ4v) is 3.51. The lowest BCUT2D eigenvalue weighted by Gasteiger charge is -2.22. The van der Waals surface area contributed by atoms with Gasteiger partial charge in [0.2, 0.25) is 0 Å². The summed E-state index contributed by atoms with van der Waals surface area (Å²) in [5.41, 5.74) is 2.48. The Morgan fingerprint density at radius 1 is 1.31 bits per heavy atom. The molecule has 1 aromatic carbocycles. The Hall–Kier alpha value is -0.800. The summed E-state index contributed by atoms with van der Waals surface area (Å²) in [5, 5.41) is 0. The van der Waals surface area contributed by atoms with Gasteiger partial charge in [-0.1, -0.05) is 39.8 Å². The van der Waals surface area contributed by atoms with Crippen molar-refractivity contribution < 1.29 is 4.79 Å².